The maximum Gasteiger partial charge on any atom is 0.309 e. The van der Waals surface area contributed by atoms with E-state index in [1.165, 1.54) is 0 Å². The van der Waals surface area contributed by atoms with Gasteiger partial charge in [0, 0.05) is 0 Å². The number of fused-ring (bicyclic) bond motifs is 1. The molecular weight excluding hydrogens is 164 g/mol. The number of aliphatic hydroxyl groups is 2. The van der Waals surface area contributed by atoms with Crippen molar-refractivity contribution in [3.63, 3.8) is 0 Å². The van der Waals surface area contributed by atoms with Gasteiger partial charge in [0.05, 0.1) is 13.0 Å². The average molecular weight is 174 g/mol. The standard InChI is InChI=1S/C7H10O5/c8-2-4-6(10)7-3(11-4)1-5(9)12-7/h3-4,6-8,10H,1-2H2/t3-,4-,6+,7+/m0/s1. The topological polar surface area (TPSA) is 76.0 Å². The molecular formula is C7H10O5. The van der Waals surface area contributed by atoms with Crippen molar-refractivity contribution in [2.24, 2.45) is 0 Å². The largest absolute Gasteiger partial charge is 0.457 e. The summed E-state index contributed by atoms with van der Waals surface area (Å²) in [6.07, 6.45) is -2.25. The molecule has 2 N–H and O–H groups in total. The van der Waals surface area contributed by atoms with Gasteiger partial charge in [-0.2, -0.15) is 0 Å². The molecule has 0 saturated carbocycles. The number of esters is 1. The average Bonchev–Trinajstić information content (AvgIpc) is 2.51. The second-order valence-electron chi connectivity index (χ2n) is 3.04. The van der Waals surface area contributed by atoms with E-state index in [1.807, 2.05) is 0 Å². The smallest absolute Gasteiger partial charge is 0.309 e. The number of ether oxygens (including phenoxy) is 2. The molecule has 0 aromatic rings. The zero-order valence-electron chi connectivity index (χ0n) is 6.34. The minimum absolute atomic E-state index is 0.179. The molecule has 0 aromatic heterocycles. The van der Waals surface area contributed by atoms with Crippen molar-refractivity contribution in [1.29, 1.82) is 0 Å². The Morgan fingerprint density at radius 1 is 1.58 bits per heavy atom. The molecule has 2 rings (SSSR count). The molecule has 2 aliphatic heterocycles. The van der Waals surface area contributed by atoms with E-state index in [4.69, 9.17) is 14.6 Å². The third-order valence-electron chi connectivity index (χ3n) is 2.25. The van der Waals surface area contributed by atoms with Gasteiger partial charge in [-0.05, 0) is 0 Å². The van der Waals surface area contributed by atoms with E-state index in [2.05, 4.69) is 0 Å². The van der Waals surface area contributed by atoms with Gasteiger partial charge in [-0.3, -0.25) is 4.79 Å². The van der Waals surface area contributed by atoms with Gasteiger partial charge in [-0.15, -0.1) is 0 Å². The van der Waals surface area contributed by atoms with E-state index < -0.39 is 18.3 Å². The first-order valence-corrected chi connectivity index (χ1v) is 3.86. The van der Waals surface area contributed by atoms with Gasteiger partial charge in [-0.1, -0.05) is 0 Å². The molecule has 12 heavy (non-hydrogen) atoms. The first-order chi connectivity index (χ1) is 5.72. The monoisotopic (exact) mass is 174 g/mol. The van der Waals surface area contributed by atoms with Gasteiger partial charge in [0.1, 0.15) is 18.3 Å². The summed E-state index contributed by atoms with van der Waals surface area (Å²) in [5, 5.41) is 18.1. The highest BCUT2D eigenvalue weighted by Crippen LogP contribution is 2.31. The lowest BCUT2D eigenvalue weighted by Gasteiger charge is -2.13. The Morgan fingerprint density at radius 2 is 2.33 bits per heavy atom. The third-order valence-corrected chi connectivity index (χ3v) is 2.25. The van der Waals surface area contributed by atoms with Crippen molar-refractivity contribution in [3.05, 3.63) is 0 Å². The van der Waals surface area contributed by atoms with Gasteiger partial charge in [0.2, 0.25) is 0 Å². The summed E-state index contributed by atoms with van der Waals surface area (Å²) < 4.78 is 9.98. The Bertz CT molecular complexity index is 204. The molecule has 0 aliphatic carbocycles. The fraction of sp³-hybridized carbons (Fsp3) is 0.857. The number of carbonyl (C=O) groups is 1. The van der Waals surface area contributed by atoms with Crippen LogP contribution in [0.4, 0.5) is 0 Å². The summed E-state index contributed by atoms with van der Waals surface area (Å²) >= 11 is 0. The first kappa shape index (κ1) is 7.97. The number of hydrogen-bond donors (Lipinski definition) is 2. The van der Waals surface area contributed by atoms with Crippen LogP contribution in [0.1, 0.15) is 6.42 Å². The highest BCUT2D eigenvalue weighted by atomic mass is 16.6. The molecule has 68 valence electrons. The van der Waals surface area contributed by atoms with E-state index in [0.29, 0.717) is 0 Å². The predicted molar refractivity (Wildman–Crippen MR) is 36.3 cm³/mol. The van der Waals surface area contributed by atoms with E-state index in [0.717, 1.165) is 0 Å². The normalized spacial score (nSPS) is 46.0. The molecule has 0 radical (unpaired) electrons. The quantitative estimate of drug-likeness (QED) is 0.469. The lowest BCUT2D eigenvalue weighted by molar-refractivity contribution is -0.146. The molecule has 2 saturated heterocycles. The van der Waals surface area contributed by atoms with E-state index >= 15 is 0 Å². The summed E-state index contributed by atoms with van der Waals surface area (Å²) in [5.74, 6) is -0.347. The van der Waals surface area contributed by atoms with Gasteiger partial charge in [0.25, 0.3) is 0 Å². The maximum atomic E-state index is 10.7. The first-order valence-electron chi connectivity index (χ1n) is 3.86. The van der Waals surface area contributed by atoms with Crippen LogP contribution in [0.25, 0.3) is 0 Å². The molecule has 0 aromatic carbocycles. The molecule has 5 heteroatoms. The van der Waals surface area contributed by atoms with Crippen LogP contribution in [0.3, 0.4) is 0 Å². The Kier molecular flexibility index (Phi) is 1.79. The van der Waals surface area contributed by atoms with Gasteiger partial charge in [0.15, 0.2) is 6.10 Å². The Balaban J connectivity index is 2.08. The fourth-order valence-corrected chi connectivity index (χ4v) is 1.64. The van der Waals surface area contributed by atoms with Crippen molar-refractivity contribution in [3.8, 4) is 0 Å². The van der Waals surface area contributed by atoms with Crippen molar-refractivity contribution < 1.29 is 24.5 Å². The van der Waals surface area contributed by atoms with Crippen LogP contribution < -0.4 is 0 Å². The number of rotatable bonds is 1. The Labute approximate surface area is 68.9 Å². The predicted octanol–water partition coefficient (Wildman–Crippen LogP) is -1.58. The molecule has 0 amide bonds. The van der Waals surface area contributed by atoms with Gasteiger partial charge in [-0.25, -0.2) is 0 Å². The molecule has 0 unspecified atom stereocenters. The number of hydrogen-bond acceptors (Lipinski definition) is 5. The summed E-state index contributed by atoms with van der Waals surface area (Å²) in [6.45, 7) is -0.244. The maximum absolute atomic E-state index is 10.7. The molecule has 4 atom stereocenters. The van der Waals surface area contributed by atoms with Crippen LogP contribution in [0, 0.1) is 0 Å². The van der Waals surface area contributed by atoms with Crippen LogP contribution in [-0.2, 0) is 14.3 Å². The molecule has 2 aliphatic rings. The molecule has 2 heterocycles. The van der Waals surface area contributed by atoms with Crippen LogP contribution in [-0.4, -0.2) is 47.2 Å². The number of aliphatic hydroxyl groups excluding tert-OH is 2. The minimum Gasteiger partial charge on any atom is -0.457 e. The lowest BCUT2D eigenvalue weighted by Crippen LogP contribution is -2.33. The van der Waals surface area contributed by atoms with E-state index in [9.17, 15) is 9.90 Å². The van der Waals surface area contributed by atoms with Crippen molar-refractivity contribution in [2.75, 3.05) is 6.61 Å². The lowest BCUT2D eigenvalue weighted by atomic mass is 10.1. The summed E-state index contributed by atoms with van der Waals surface area (Å²) in [5.41, 5.74) is 0. The zero-order chi connectivity index (χ0) is 8.72. The second kappa shape index (κ2) is 2.69. The second-order valence-corrected chi connectivity index (χ2v) is 3.04. The SMILES string of the molecule is O=C1C[C@@H]2O[C@@H](CO)[C@@H](O)[C@@H]2O1. The zero-order valence-corrected chi connectivity index (χ0v) is 6.34. The Hall–Kier alpha value is -0.650. The van der Waals surface area contributed by atoms with E-state index in [-0.39, 0.29) is 25.1 Å². The minimum atomic E-state index is -0.883. The highest BCUT2D eigenvalue weighted by Gasteiger charge is 2.50. The van der Waals surface area contributed by atoms with Crippen LogP contribution >= 0.6 is 0 Å². The van der Waals surface area contributed by atoms with Gasteiger partial charge >= 0.3 is 5.97 Å². The van der Waals surface area contributed by atoms with Crippen LogP contribution in [0.5, 0.6) is 0 Å². The fourth-order valence-electron chi connectivity index (χ4n) is 1.64. The molecule has 0 spiro atoms. The van der Waals surface area contributed by atoms with Crippen molar-refractivity contribution in [1.82, 2.24) is 0 Å². The summed E-state index contributed by atoms with van der Waals surface area (Å²) in [4.78, 5) is 10.7. The van der Waals surface area contributed by atoms with Crippen molar-refractivity contribution >= 4 is 5.97 Å². The van der Waals surface area contributed by atoms with Crippen LogP contribution in [0.15, 0.2) is 0 Å². The Morgan fingerprint density at radius 3 is 2.92 bits per heavy atom. The summed E-state index contributed by atoms with van der Waals surface area (Å²) in [6, 6.07) is 0. The van der Waals surface area contributed by atoms with Crippen molar-refractivity contribution in [2.45, 2.75) is 30.8 Å². The molecule has 5 nitrogen and oxygen atoms in total. The third kappa shape index (κ3) is 1.01. The summed E-state index contributed by atoms with van der Waals surface area (Å²) in [7, 11) is 0. The molecule has 0 bridgehead atoms. The van der Waals surface area contributed by atoms with Gasteiger partial charge < -0.3 is 19.7 Å². The number of carbonyl (C=O) groups excluding carboxylic acids is 1. The van der Waals surface area contributed by atoms with E-state index in [1.54, 1.807) is 0 Å². The highest BCUT2D eigenvalue weighted by molar-refractivity contribution is 5.72. The van der Waals surface area contributed by atoms with Crippen LogP contribution in [0.2, 0.25) is 0 Å². The molecule has 2 fully saturated rings.